The van der Waals surface area contributed by atoms with Gasteiger partial charge in [-0.25, -0.2) is 21.6 Å². The van der Waals surface area contributed by atoms with Gasteiger partial charge in [0.05, 0.1) is 0 Å². The summed E-state index contributed by atoms with van der Waals surface area (Å²) in [6, 6.07) is 5.93. The number of hydrogen-bond acceptors (Lipinski definition) is 5. The number of hydrogen-bond donors (Lipinski definition) is 2. The van der Waals surface area contributed by atoms with Crippen molar-refractivity contribution in [3.8, 4) is 0 Å². The molecule has 9 heteroatoms. The molecular weight excluding hydrogens is 350 g/mol. The Morgan fingerprint density at radius 1 is 1.04 bits per heavy atom. The van der Waals surface area contributed by atoms with Crippen LogP contribution in [0.25, 0.3) is 0 Å². The quantitative estimate of drug-likeness (QED) is 0.757. The van der Waals surface area contributed by atoms with Crippen LogP contribution in [0.2, 0.25) is 0 Å². The lowest BCUT2D eigenvalue weighted by atomic mass is 10.2. The van der Waals surface area contributed by atoms with Crippen LogP contribution in [0, 0.1) is 0 Å². The summed E-state index contributed by atoms with van der Waals surface area (Å²) in [6.45, 7) is 2.03. The van der Waals surface area contributed by atoms with E-state index in [0.717, 1.165) is 32.2 Å². The van der Waals surface area contributed by atoms with E-state index in [9.17, 15) is 16.8 Å². The van der Waals surface area contributed by atoms with E-state index >= 15 is 0 Å². The molecule has 2 fully saturated rings. The first-order valence-corrected chi connectivity index (χ1v) is 11.2. The maximum atomic E-state index is 12.8. The van der Waals surface area contributed by atoms with Gasteiger partial charge in [0.15, 0.2) is 0 Å². The fourth-order valence-corrected chi connectivity index (χ4v) is 6.57. The van der Waals surface area contributed by atoms with Gasteiger partial charge in [0.2, 0.25) is 20.0 Å². The second kappa shape index (κ2) is 7.09. The largest absolute Gasteiger partial charge is 0.313 e. The number of rotatable bonds is 6. The number of nitrogens with one attached hydrogen (secondary N) is 2. The molecule has 0 radical (unpaired) electrons. The van der Waals surface area contributed by atoms with Crippen molar-refractivity contribution in [2.45, 2.75) is 41.5 Å². The van der Waals surface area contributed by atoms with E-state index in [-0.39, 0.29) is 22.4 Å². The molecule has 0 saturated carbocycles. The van der Waals surface area contributed by atoms with Crippen molar-refractivity contribution in [3.05, 3.63) is 24.3 Å². The molecule has 2 aliphatic heterocycles. The summed E-state index contributed by atoms with van der Waals surface area (Å²) in [4.78, 5) is -0.311. The van der Waals surface area contributed by atoms with Crippen LogP contribution in [0.1, 0.15) is 25.7 Å². The molecule has 24 heavy (non-hydrogen) atoms. The first-order valence-electron chi connectivity index (χ1n) is 8.23. The van der Waals surface area contributed by atoms with Crippen LogP contribution < -0.4 is 10.0 Å². The molecule has 1 atom stereocenters. The molecule has 0 aromatic heterocycles. The molecule has 0 spiro atoms. The minimum absolute atomic E-state index is 0.0992. The van der Waals surface area contributed by atoms with Crippen LogP contribution in [0.15, 0.2) is 34.1 Å². The van der Waals surface area contributed by atoms with Crippen LogP contribution in [0.4, 0.5) is 0 Å². The number of sulfonamides is 2. The van der Waals surface area contributed by atoms with Crippen molar-refractivity contribution in [3.63, 3.8) is 0 Å². The molecule has 134 valence electrons. The summed E-state index contributed by atoms with van der Waals surface area (Å²) in [6.07, 6.45) is 3.54. The average molecular weight is 374 g/mol. The van der Waals surface area contributed by atoms with E-state index in [4.69, 9.17) is 0 Å². The van der Waals surface area contributed by atoms with Crippen molar-refractivity contribution in [2.24, 2.45) is 0 Å². The fraction of sp³-hybridized carbons (Fsp3) is 0.600. The molecule has 1 unspecified atom stereocenters. The second-order valence-corrected chi connectivity index (χ2v) is 9.84. The van der Waals surface area contributed by atoms with Gasteiger partial charge in [-0.1, -0.05) is 12.1 Å². The smallest absolute Gasteiger partial charge is 0.244 e. The highest BCUT2D eigenvalue weighted by Gasteiger charge is 2.32. The molecule has 0 aliphatic carbocycles. The van der Waals surface area contributed by atoms with Gasteiger partial charge in [0, 0.05) is 25.7 Å². The minimum Gasteiger partial charge on any atom is -0.313 e. The molecule has 2 N–H and O–H groups in total. The zero-order chi connectivity index (χ0) is 17.2. The van der Waals surface area contributed by atoms with E-state index in [1.165, 1.54) is 16.4 Å². The number of nitrogens with zero attached hydrogens (tertiary/aromatic N) is 1. The summed E-state index contributed by atoms with van der Waals surface area (Å²) in [5.74, 6) is 0. The van der Waals surface area contributed by atoms with Gasteiger partial charge in [0.25, 0.3) is 0 Å². The second-order valence-electron chi connectivity index (χ2n) is 6.20. The van der Waals surface area contributed by atoms with Gasteiger partial charge < -0.3 is 5.32 Å². The van der Waals surface area contributed by atoms with Crippen LogP contribution in [-0.2, 0) is 20.0 Å². The van der Waals surface area contributed by atoms with Gasteiger partial charge in [-0.3, -0.25) is 0 Å². The van der Waals surface area contributed by atoms with E-state index in [1.54, 1.807) is 12.1 Å². The monoisotopic (exact) mass is 373 g/mol. The summed E-state index contributed by atoms with van der Waals surface area (Å²) in [5, 5.41) is 3.22. The highest BCUT2D eigenvalue weighted by Crippen LogP contribution is 2.26. The van der Waals surface area contributed by atoms with Crippen molar-refractivity contribution in [2.75, 3.05) is 26.2 Å². The Balaban J connectivity index is 1.87. The van der Waals surface area contributed by atoms with E-state index in [2.05, 4.69) is 10.0 Å². The third-order valence-electron chi connectivity index (χ3n) is 4.50. The third-order valence-corrected chi connectivity index (χ3v) is 8.07. The van der Waals surface area contributed by atoms with Gasteiger partial charge >= 0.3 is 0 Å². The molecule has 0 bridgehead atoms. The first kappa shape index (κ1) is 17.8. The zero-order valence-electron chi connectivity index (χ0n) is 13.4. The predicted octanol–water partition coefficient (Wildman–Crippen LogP) is 0.501. The van der Waals surface area contributed by atoms with Crippen LogP contribution >= 0.6 is 0 Å². The average Bonchev–Trinajstić information content (AvgIpc) is 3.26. The topological polar surface area (TPSA) is 95.6 Å². The summed E-state index contributed by atoms with van der Waals surface area (Å²) < 4.78 is 54.8. The van der Waals surface area contributed by atoms with E-state index < -0.39 is 20.0 Å². The molecule has 1 aromatic rings. The van der Waals surface area contributed by atoms with Crippen LogP contribution in [0.5, 0.6) is 0 Å². The Bertz CT molecular complexity index is 781. The Labute approximate surface area is 143 Å². The molecule has 3 rings (SSSR count). The van der Waals surface area contributed by atoms with Gasteiger partial charge in [-0.2, -0.15) is 4.31 Å². The molecule has 2 heterocycles. The zero-order valence-corrected chi connectivity index (χ0v) is 15.1. The first-order chi connectivity index (χ1) is 11.4. The van der Waals surface area contributed by atoms with Crippen molar-refractivity contribution < 1.29 is 16.8 Å². The molecular formula is C15H23N3O4S2. The van der Waals surface area contributed by atoms with Crippen molar-refractivity contribution >= 4 is 20.0 Å². The van der Waals surface area contributed by atoms with Gasteiger partial charge in [-0.05, 0) is 44.4 Å². The lowest BCUT2D eigenvalue weighted by molar-refractivity contribution is 0.474. The highest BCUT2D eigenvalue weighted by molar-refractivity contribution is 7.92. The molecule has 1 aromatic carbocycles. The van der Waals surface area contributed by atoms with Gasteiger partial charge in [-0.15, -0.1) is 0 Å². The Morgan fingerprint density at radius 3 is 2.33 bits per heavy atom. The molecule has 7 nitrogen and oxygen atoms in total. The Kier molecular flexibility index (Phi) is 5.26. The molecule has 2 saturated heterocycles. The van der Waals surface area contributed by atoms with Crippen LogP contribution in [-0.4, -0.2) is 53.4 Å². The van der Waals surface area contributed by atoms with Crippen molar-refractivity contribution in [1.82, 2.24) is 14.3 Å². The van der Waals surface area contributed by atoms with Crippen LogP contribution in [0.3, 0.4) is 0 Å². The third kappa shape index (κ3) is 3.65. The maximum absolute atomic E-state index is 12.8. The molecule has 2 aliphatic rings. The highest BCUT2D eigenvalue weighted by atomic mass is 32.2. The normalized spacial score (nSPS) is 22.9. The maximum Gasteiger partial charge on any atom is 0.244 e. The Morgan fingerprint density at radius 2 is 1.71 bits per heavy atom. The SMILES string of the molecule is O=S(=O)(NCC1CCCN1)c1ccccc1S(=O)(=O)N1CCCC1. The van der Waals surface area contributed by atoms with Gasteiger partial charge in [0.1, 0.15) is 9.79 Å². The number of benzene rings is 1. The summed E-state index contributed by atoms with van der Waals surface area (Å²) >= 11 is 0. The minimum atomic E-state index is -3.89. The fourth-order valence-electron chi connectivity index (χ4n) is 3.17. The molecule has 0 amide bonds. The summed E-state index contributed by atoms with van der Waals surface area (Å²) in [7, 11) is -7.68. The predicted molar refractivity (Wildman–Crippen MR) is 90.6 cm³/mol. The lowest BCUT2D eigenvalue weighted by Gasteiger charge is -2.19. The lowest BCUT2D eigenvalue weighted by Crippen LogP contribution is -2.38. The van der Waals surface area contributed by atoms with E-state index in [0.29, 0.717) is 13.1 Å². The van der Waals surface area contributed by atoms with Crippen molar-refractivity contribution in [1.29, 1.82) is 0 Å². The van der Waals surface area contributed by atoms with E-state index in [1.807, 2.05) is 0 Å². The standard InChI is InChI=1S/C15H23N3O4S2/c19-23(20,17-12-13-6-5-9-16-13)14-7-1-2-8-15(14)24(21,22)18-10-3-4-11-18/h1-2,7-8,13,16-17H,3-6,9-12H2. The summed E-state index contributed by atoms with van der Waals surface area (Å²) in [5.41, 5.74) is 0. The Hall–Kier alpha value is -1.00.